The van der Waals surface area contributed by atoms with Gasteiger partial charge < -0.3 is 10.6 Å². The first-order valence-electron chi connectivity index (χ1n) is 6.19. The molecule has 0 bridgehead atoms. The second-order valence-electron chi connectivity index (χ2n) is 4.74. The van der Waals surface area contributed by atoms with Crippen molar-refractivity contribution in [3.63, 3.8) is 0 Å². The first-order valence-corrected chi connectivity index (χ1v) is 6.97. The van der Waals surface area contributed by atoms with E-state index in [-0.39, 0.29) is 0 Å². The Hall–Kier alpha value is -1.59. The summed E-state index contributed by atoms with van der Waals surface area (Å²) >= 11 is 11.3. The number of anilines is 1. The predicted molar refractivity (Wildman–Crippen MR) is 87.4 cm³/mol. The molecule has 4 nitrogen and oxygen atoms in total. The van der Waals surface area contributed by atoms with Gasteiger partial charge in [0.05, 0.1) is 23.0 Å². The fourth-order valence-corrected chi connectivity index (χ4v) is 2.41. The molecule has 6 heteroatoms. The number of hydrogen-bond acceptors (Lipinski definition) is 3. The van der Waals surface area contributed by atoms with Gasteiger partial charge in [-0.25, -0.2) is 0 Å². The van der Waals surface area contributed by atoms with Crippen LogP contribution in [0.25, 0.3) is 0 Å². The zero-order chi connectivity index (χ0) is 14.9. The van der Waals surface area contributed by atoms with Crippen LogP contribution in [0.4, 0.5) is 5.69 Å². The highest BCUT2D eigenvalue weighted by Gasteiger charge is 2.13. The van der Waals surface area contributed by atoms with Crippen LogP contribution >= 0.6 is 23.8 Å². The molecule has 0 radical (unpaired) electrons. The van der Waals surface area contributed by atoms with E-state index < -0.39 is 0 Å². The number of halogens is 1. The summed E-state index contributed by atoms with van der Waals surface area (Å²) in [6.07, 6.45) is 0. The van der Waals surface area contributed by atoms with Crippen molar-refractivity contribution in [2.75, 3.05) is 11.9 Å². The summed E-state index contributed by atoms with van der Waals surface area (Å²) in [7, 11) is 3.89. The maximum absolute atomic E-state index is 6.28. The summed E-state index contributed by atoms with van der Waals surface area (Å²) in [5.41, 5.74) is 9.38. The third kappa shape index (κ3) is 2.94. The van der Waals surface area contributed by atoms with Crippen molar-refractivity contribution in [3.8, 4) is 0 Å². The van der Waals surface area contributed by atoms with Gasteiger partial charge in [0.2, 0.25) is 0 Å². The molecule has 0 amide bonds. The SMILES string of the molecule is Cc1nn(C)c(CN(C)c2cccc(C(N)=S)c2)c1Cl. The normalized spacial score (nSPS) is 10.6. The van der Waals surface area contributed by atoms with Crippen LogP contribution in [-0.4, -0.2) is 21.8 Å². The fraction of sp³-hybridized carbons (Fsp3) is 0.286. The Labute approximate surface area is 129 Å². The number of benzene rings is 1. The number of aryl methyl sites for hydroxylation is 2. The van der Waals surface area contributed by atoms with E-state index in [1.54, 1.807) is 0 Å². The van der Waals surface area contributed by atoms with E-state index in [9.17, 15) is 0 Å². The van der Waals surface area contributed by atoms with Crippen LogP contribution in [0.5, 0.6) is 0 Å². The molecule has 20 heavy (non-hydrogen) atoms. The van der Waals surface area contributed by atoms with Crippen LogP contribution in [0, 0.1) is 6.92 Å². The van der Waals surface area contributed by atoms with E-state index in [0.717, 1.165) is 22.6 Å². The molecule has 0 fully saturated rings. The summed E-state index contributed by atoms with van der Waals surface area (Å²) in [5.74, 6) is 0. The zero-order valence-corrected chi connectivity index (χ0v) is 13.3. The molecule has 1 aromatic carbocycles. The van der Waals surface area contributed by atoms with Gasteiger partial charge in [0, 0.05) is 25.3 Å². The second kappa shape index (κ2) is 5.81. The number of nitrogens with zero attached hydrogens (tertiary/aromatic N) is 3. The van der Waals surface area contributed by atoms with E-state index in [1.807, 2.05) is 50.0 Å². The Balaban J connectivity index is 2.26. The lowest BCUT2D eigenvalue weighted by atomic mass is 10.2. The highest BCUT2D eigenvalue weighted by molar-refractivity contribution is 7.80. The third-order valence-electron chi connectivity index (χ3n) is 3.22. The maximum atomic E-state index is 6.28. The van der Waals surface area contributed by atoms with Gasteiger partial charge in [0.1, 0.15) is 4.99 Å². The van der Waals surface area contributed by atoms with E-state index in [4.69, 9.17) is 29.6 Å². The molecule has 0 atom stereocenters. The Morgan fingerprint density at radius 1 is 1.50 bits per heavy atom. The largest absolute Gasteiger partial charge is 0.389 e. The lowest BCUT2D eigenvalue weighted by molar-refractivity contribution is 0.694. The van der Waals surface area contributed by atoms with Gasteiger partial charge in [-0.3, -0.25) is 4.68 Å². The molecule has 106 valence electrons. The molecule has 1 heterocycles. The quantitative estimate of drug-likeness (QED) is 0.882. The molecular formula is C14H17ClN4S. The lowest BCUT2D eigenvalue weighted by Gasteiger charge is -2.20. The van der Waals surface area contributed by atoms with Crippen molar-refractivity contribution in [2.24, 2.45) is 12.8 Å². The van der Waals surface area contributed by atoms with E-state index in [0.29, 0.717) is 16.6 Å². The van der Waals surface area contributed by atoms with Crippen molar-refractivity contribution in [1.29, 1.82) is 0 Å². The second-order valence-corrected chi connectivity index (χ2v) is 5.56. The molecule has 0 aliphatic heterocycles. The van der Waals surface area contributed by atoms with Crippen molar-refractivity contribution in [3.05, 3.63) is 46.2 Å². The van der Waals surface area contributed by atoms with Crippen LogP contribution in [0.3, 0.4) is 0 Å². The number of nitrogens with two attached hydrogens (primary N) is 1. The minimum absolute atomic E-state index is 0.398. The molecule has 2 rings (SSSR count). The van der Waals surface area contributed by atoms with E-state index in [1.165, 1.54) is 0 Å². The molecule has 0 saturated carbocycles. The van der Waals surface area contributed by atoms with Crippen LogP contribution in [0.1, 0.15) is 17.0 Å². The van der Waals surface area contributed by atoms with Crippen molar-refractivity contribution in [2.45, 2.75) is 13.5 Å². The fourth-order valence-electron chi connectivity index (χ4n) is 2.06. The van der Waals surface area contributed by atoms with Gasteiger partial charge in [-0.1, -0.05) is 36.0 Å². The van der Waals surface area contributed by atoms with Gasteiger partial charge >= 0.3 is 0 Å². The van der Waals surface area contributed by atoms with Gasteiger partial charge in [-0.15, -0.1) is 0 Å². The maximum Gasteiger partial charge on any atom is 0.104 e. The van der Waals surface area contributed by atoms with Crippen LogP contribution < -0.4 is 10.6 Å². The monoisotopic (exact) mass is 308 g/mol. The molecule has 0 aliphatic rings. The van der Waals surface area contributed by atoms with Crippen LogP contribution in [0.15, 0.2) is 24.3 Å². The summed E-state index contributed by atoms with van der Waals surface area (Å²) in [4.78, 5) is 2.49. The highest BCUT2D eigenvalue weighted by atomic mass is 35.5. The molecular weight excluding hydrogens is 292 g/mol. The summed E-state index contributed by atoms with van der Waals surface area (Å²) in [6.45, 7) is 2.57. The van der Waals surface area contributed by atoms with Crippen LogP contribution in [0.2, 0.25) is 5.02 Å². The summed E-state index contributed by atoms with van der Waals surface area (Å²) in [5, 5.41) is 5.03. The molecule has 0 spiro atoms. The molecule has 0 aliphatic carbocycles. The van der Waals surface area contributed by atoms with E-state index in [2.05, 4.69) is 10.00 Å². The van der Waals surface area contributed by atoms with Gasteiger partial charge in [0.15, 0.2) is 0 Å². The number of thiocarbonyl (C=S) groups is 1. The predicted octanol–water partition coefficient (Wildman–Crippen LogP) is 2.65. The molecule has 0 unspecified atom stereocenters. The summed E-state index contributed by atoms with van der Waals surface area (Å²) in [6, 6.07) is 7.83. The number of rotatable bonds is 4. The molecule has 0 saturated heterocycles. The average Bonchev–Trinajstić information content (AvgIpc) is 2.65. The van der Waals surface area contributed by atoms with Crippen molar-refractivity contribution in [1.82, 2.24) is 9.78 Å². The van der Waals surface area contributed by atoms with Gasteiger partial charge in [0.25, 0.3) is 0 Å². The lowest BCUT2D eigenvalue weighted by Crippen LogP contribution is -2.19. The van der Waals surface area contributed by atoms with Crippen molar-refractivity contribution < 1.29 is 0 Å². The number of aromatic nitrogens is 2. The third-order valence-corrected chi connectivity index (χ3v) is 3.95. The van der Waals surface area contributed by atoms with Gasteiger partial charge in [-0.2, -0.15) is 5.10 Å². The highest BCUT2D eigenvalue weighted by Crippen LogP contribution is 2.23. The standard InChI is InChI=1S/C14H17ClN4S/c1-9-13(15)12(19(3)17-9)8-18(2)11-6-4-5-10(7-11)14(16)20/h4-7H,8H2,1-3H3,(H2,16,20). The van der Waals surface area contributed by atoms with Gasteiger partial charge in [-0.05, 0) is 19.1 Å². The molecule has 2 aromatic rings. The summed E-state index contributed by atoms with van der Waals surface area (Å²) < 4.78 is 1.81. The van der Waals surface area contributed by atoms with E-state index >= 15 is 0 Å². The first kappa shape index (κ1) is 14.8. The Bertz CT molecular complexity index is 651. The molecule has 2 N–H and O–H groups in total. The minimum atomic E-state index is 0.398. The Morgan fingerprint density at radius 3 is 2.75 bits per heavy atom. The molecule has 1 aromatic heterocycles. The first-order chi connectivity index (χ1) is 9.40. The topological polar surface area (TPSA) is 47.1 Å². The minimum Gasteiger partial charge on any atom is -0.389 e. The zero-order valence-electron chi connectivity index (χ0n) is 11.7. The van der Waals surface area contributed by atoms with Crippen LogP contribution in [-0.2, 0) is 13.6 Å². The Morgan fingerprint density at radius 2 is 2.20 bits per heavy atom. The Kier molecular flexibility index (Phi) is 4.30. The van der Waals surface area contributed by atoms with Crippen molar-refractivity contribution >= 4 is 34.5 Å². The smallest absolute Gasteiger partial charge is 0.104 e. The average molecular weight is 309 g/mol. The number of hydrogen-bond donors (Lipinski definition) is 1.